The van der Waals surface area contributed by atoms with Crippen LogP contribution in [0.2, 0.25) is 0 Å². The summed E-state index contributed by atoms with van der Waals surface area (Å²) in [5.41, 5.74) is 6.00. The van der Waals surface area contributed by atoms with Gasteiger partial charge in [0, 0.05) is 5.22 Å². The van der Waals surface area contributed by atoms with Gasteiger partial charge in [0.15, 0.2) is 6.34 Å². The average molecular weight is 315 g/mol. The second-order valence-corrected chi connectivity index (χ2v) is 1.44. The molecule has 14 heavy (non-hydrogen) atoms. The molecule has 0 aliphatic carbocycles. The molecule has 1 aliphatic rings. The number of nitrogens with two attached hydrogens (primary N) is 1. The highest BCUT2D eigenvalue weighted by Crippen LogP contribution is 1.70. The lowest BCUT2D eigenvalue weighted by Gasteiger charge is -1.82. The molecule has 11 nitrogen and oxygen atoms in total. The summed E-state index contributed by atoms with van der Waals surface area (Å²) in [4.78, 5) is 9.73. The van der Waals surface area contributed by atoms with Crippen molar-refractivity contribution in [2.24, 2.45) is 31.6 Å². The van der Waals surface area contributed by atoms with Crippen LogP contribution < -0.4 is 34.9 Å². The number of quaternary nitrogens is 1. The zero-order chi connectivity index (χ0) is 10.1. The van der Waals surface area contributed by atoms with E-state index in [4.69, 9.17) is 5.53 Å². The van der Waals surface area contributed by atoms with Crippen LogP contribution in [0.3, 0.4) is 0 Å². The van der Waals surface area contributed by atoms with Crippen LogP contribution in [0.5, 0.6) is 0 Å². The van der Waals surface area contributed by atoms with E-state index in [0.29, 0.717) is 0 Å². The van der Waals surface area contributed by atoms with Crippen LogP contribution in [-0.2, 0) is 0 Å². The quantitative estimate of drug-likeness (QED) is 0.0890. The smallest absolute Gasteiger partial charge is 0.302 e. The van der Waals surface area contributed by atoms with Crippen molar-refractivity contribution < 1.29 is 34.1 Å². The van der Waals surface area contributed by atoms with Crippen LogP contribution in [0.25, 0.3) is 0 Å². The van der Waals surface area contributed by atoms with Crippen molar-refractivity contribution >= 4 is 12.7 Å². The molecule has 0 bridgehead atoms. The van der Waals surface area contributed by atoms with Crippen LogP contribution in [0, 0.1) is 15.6 Å². The van der Waals surface area contributed by atoms with Crippen LogP contribution in [0.1, 0.15) is 0 Å². The fourth-order valence-electron chi connectivity index (χ4n) is 0.292. The number of nitrogens with zero attached hydrogens (tertiary/aromatic N) is 6. The summed E-state index contributed by atoms with van der Waals surface area (Å²) in [7, 11) is 0. The summed E-state index contributed by atoms with van der Waals surface area (Å²) in [5, 5.41) is 23.5. The number of nitro groups is 1. The van der Waals surface area contributed by atoms with E-state index < -0.39 is 5.03 Å². The van der Waals surface area contributed by atoms with Crippen LogP contribution in [-0.4, -0.2) is 17.7 Å². The van der Waals surface area contributed by atoms with E-state index in [-0.39, 0.29) is 29.1 Å². The molecule has 0 aromatic rings. The second kappa shape index (κ2) is 9.52. The van der Waals surface area contributed by atoms with Crippen LogP contribution in [0.4, 0.5) is 0 Å². The SMILES string of the molecule is N=N/C=N/N.O=[N+]([O-])[NH+]1C=NN=N1.[I-]. The second-order valence-electron chi connectivity index (χ2n) is 1.44. The molecule has 0 saturated carbocycles. The van der Waals surface area contributed by atoms with Crippen molar-refractivity contribution in [1.82, 2.24) is 0 Å². The maximum Gasteiger partial charge on any atom is 0.302 e. The third-order valence-electron chi connectivity index (χ3n) is 0.683. The van der Waals surface area contributed by atoms with Gasteiger partial charge in [0.1, 0.15) is 10.3 Å². The Balaban J connectivity index is 0. The molecule has 1 unspecified atom stereocenters. The Morgan fingerprint density at radius 2 is 2.36 bits per heavy atom. The monoisotopic (exact) mass is 315 g/mol. The highest BCUT2D eigenvalue weighted by Gasteiger charge is 2.19. The largest absolute Gasteiger partial charge is 1.00 e. The summed E-state index contributed by atoms with van der Waals surface area (Å²) in [6, 6.07) is 0. The van der Waals surface area contributed by atoms with Crippen molar-refractivity contribution in [3.63, 3.8) is 0 Å². The van der Waals surface area contributed by atoms with Gasteiger partial charge in [-0.3, -0.25) is 0 Å². The molecule has 1 heterocycles. The van der Waals surface area contributed by atoms with E-state index in [1.165, 1.54) is 0 Å². The Labute approximate surface area is 94.4 Å². The summed E-state index contributed by atoms with van der Waals surface area (Å²) < 4.78 is 0. The molecule has 0 aromatic heterocycles. The lowest BCUT2D eigenvalue weighted by molar-refractivity contribution is -1.27. The molecule has 4 N–H and O–H groups in total. The van der Waals surface area contributed by atoms with Crippen molar-refractivity contribution in [2.75, 3.05) is 0 Å². The van der Waals surface area contributed by atoms with Gasteiger partial charge in [-0.05, 0) is 0 Å². The Kier molecular flexibility index (Phi) is 10.1. The van der Waals surface area contributed by atoms with Gasteiger partial charge in [0.05, 0.1) is 0 Å². The Hall–Kier alpha value is -1.57. The van der Waals surface area contributed by atoms with Gasteiger partial charge in [-0.1, -0.05) is 5.10 Å². The van der Waals surface area contributed by atoms with Gasteiger partial charge in [0.2, 0.25) is 0 Å². The first-order chi connectivity index (χ1) is 6.22. The molecular weight excluding hydrogens is 309 g/mol. The average Bonchev–Trinajstić information content (AvgIpc) is 2.58. The van der Waals surface area contributed by atoms with Gasteiger partial charge in [0.25, 0.3) is 5.03 Å². The molecule has 0 aromatic carbocycles. The fourth-order valence-corrected chi connectivity index (χ4v) is 0.292. The lowest BCUT2D eigenvalue weighted by atomic mass is 11.3. The number of nitrogens with one attached hydrogen (secondary N) is 2. The standard InChI is InChI=1S/CHN5O2.CH4N4.HI/c7-6(8)5-1-2-3-4-5;2-4-1-5-3;/h1H;1-2H,3H2;1H/b;4-2?,5-1+;. The maximum atomic E-state index is 9.73. The first-order valence-electron chi connectivity index (χ1n) is 2.76. The minimum absolute atomic E-state index is 0. The van der Waals surface area contributed by atoms with Gasteiger partial charge in [-0.25, -0.2) is 15.6 Å². The van der Waals surface area contributed by atoms with Crippen molar-refractivity contribution in [1.29, 1.82) is 5.53 Å². The molecule has 1 atom stereocenters. The summed E-state index contributed by atoms with van der Waals surface area (Å²) in [6.07, 6.45) is 1.93. The number of rotatable bonds is 2. The predicted octanol–water partition coefficient (Wildman–Crippen LogP) is -4.69. The number of halogens is 1. The fraction of sp³-hybridized carbons (Fsp3) is 0. The highest BCUT2D eigenvalue weighted by molar-refractivity contribution is 5.52. The van der Waals surface area contributed by atoms with Crippen LogP contribution >= 0.6 is 0 Å². The zero-order valence-corrected chi connectivity index (χ0v) is 8.77. The predicted molar refractivity (Wildman–Crippen MR) is 39.1 cm³/mol. The third kappa shape index (κ3) is 7.10. The molecule has 0 fully saturated rings. The Bertz CT molecular complexity index is 248. The van der Waals surface area contributed by atoms with Gasteiger partial charge in [-0.15, -0.1) is 5.11 Å². The van der Waals surface area contributed by atoms with E-state index in [0.717, 1.165) is 12.7 Å². The molecule has 1 aliphatic heterocycles. The van der Waals surface area contributed by atoms with Gasteiger partial charge < -0.3 is 29.8 Å². The third-order valence-corrected chi connectivity index (χ3v) is 0.683. The topological polar surface area (TPSA) is 159 Å². The normalized spacial score (nSPS) is 17.0. The van der Waals surface area contributed by atoms with Gasteiger partial charge in [-0.2, -0.15) is 5.10 Å². The minimum atomic E-state index is -0.653. The molecule has 1 rings (SSSR count). The molecule has 0 amide bonds. The number of hydrogen-bond acceptors (Lipinski definition) is 8. The number of hydrogen-bond donors (Lipinski definition) is 3. The van der Waals surface area contributed by atoms with Crippen LogP contribution in [0.15, 0.2) is 25.8 Å². The zero-order valence-electron chi connectivity index (χ0n) is 6.61. The van der Waals surface area contributed by atoms with E-state index in [2.05, 4.69) is 31.6 Å². The Morgan fingerprint density at radius 1 is 1.71 bits per heavy atom. The summed E-state index contributed by atoms with van der Waals surface area (Å²) in [6.45, 7) is 0. The van der Waals surface area contributed by atoms with Gasteiger partial charge >= 0.3 is 6.34 Å². The maximum absolute atomic E-state index is 9.73. The van der Waals surface area contributed by atoms with E-state index in [9.17, 15) is 10.1 Å². The first kappa shape index (κ1) is 14.9. The first-order valence-corrected chi connectivity index (χ1v) is 2.76. The van der Waals surface area contributed by atoms with E-state index in [1.807, 2.05) is 0 Å². The Morgan fingerprint density at radius 3 is 2.50 bits per heavy atom. The van der Waals surface area contributed by atoms with Crippen molar-refractivity contribution in [2.45, 2.75) is 0 Å². The van der Waals surface area contributed by atoms with Crippen molar-refractivity contribution in [3.05, 3.63) is 10.1 Å². The molecular formula is C2H6IN9O2. The molecule has 0 radical (unpaired) electrons. The van der Waals surface area contributed by atoms with E-state index in [1.54, 1.807) is 0 Å². The minimum Gasteiger partial charge on any atom is -1.00 e. The summed E-state index contributed by atoms with van der Waals surface area (Å²) >= 11 is 0. The molecule has 78 valence electrons. The molecule has 12 heteroatoms. The lowest BCUT2D eigenvalue weighted by Crippen LogP contribution is -3.08. The molecule has 0 spiro atoms. The number of hydrazone groups is 1. The van der Waals surface area contributed by atoms with Crippen molar-refractivity contribution in [3.8, 4) is 0 Å². The van der Waals surface area contributed by atoms with E-state index >= 15 is 0 Å². The summed E-state index contributed by atoms with van der Waals surface area (Å²) in [5.74, 6) is 4.49. The highest BCUT2D eigenvalue weighted by atomic mass is 127. The molecule has 0 saturated heterocycles.